The summed E-state index contributed by atoms with van der Waals surface area (Å²) in [6, 6.07) is 9.30. The Morgan fingerprint density at radius 1 is 1.11 bits per heavy atom. The van der Waals surface area contributed by atoms with Gasteiger partial charge in [-0.3, -0.25) is 13.5 Å². The summed E-state index contributed by atoms with van der Waals surface area (Å²) >= 11 is 0. The molecule has 2 fully saturated rings. The number of imidazole rings is 1. The van der Waals surface area contributed by atoms with Crippen molar-refractivity contribution in [3.63, 3.8) is 0 Å². The van der Waals surface area contributed by atoms with Gasteiger partial charge < -0.3 is 9.30 Å². The van der Waals surface area contributed by atoms with Crippen LogP contribution in [0, 0.1) is 12.8 Å². The molecule has 4 aromatic rings. The van der Waals surface area contributed by atoms with Gasteiger partial charge in [-0.15, -0.1) is 0 Å². The lowest BCUT2D eigenvalue weighted by molar-refractivity contribution is 0.112. The van der Waals surface area contributed by atoms with Crippen LogP contribution in [0.1, 0.15) is 48.2 Å². The summed E-state index contributed by atoms with van der Waals surface area (Å²) < 4.78 is 37.0. The minimum Gasteiger partial charge on any atom is -0.482 e. The van der Waals surface area contributed by atoms with Gasteiger partial charge in [0.15, 0.2) is 5.88 Å². The third-order valence-electron chi connectivity index (χ3n) is 7.25. The number of aldehydes is 1. The first-order valence-electron chi connectivity index (χ1n) is 12.4. The van der Waals surface area contributed by atoms with Gasteiger partial charge in [0.05, 0.1) is 24.3 Å². The quantitative estimate of drug-likeness (QED) is 0.363. The Morgan fingerprint density at radius 3 is 2.69 bits per heavy atom. The van der Waals surface area contributed by atoms with Gasteiger partial charge in [-0.2, -0.15) is 0 Å². The largest absolute Gasteiger partial charge is 0.482 e. The Kier molecular flexibility index (Phi) is 5.51. The van der Waals surface area contributed by atoms with Crippen LogP contribution in [0.3, 0.4) is 0 Å². The van der Waals surface area contributed by atoms with Gasteiger partial charge in [-0.25, -0.2) is 18.4 Å². The Bertz CT molecular complexity index is 1600. The van der Waals surface area contributed by atoms with E-state index in [0.717, 1.165) is 53.8 Å². The van der Waals surface area contributed by atoms with E-state index in [1.165, 1.54) is 17.1 Å². The van der Waals surface area contributed by atoms with Crippen LogP contribution in [0.25, 0.3) is 28.1 Å². The smallest absolute Gasteiger partial charge is 0.236 e. The highest BCUT2D eigenvalue weighted by Crippen LogP contribution is 2.37. The van der Waals surface area contributed by atoms with Crippen LogP contribution in [0.4, 0.5) is 5.82 Å². The van der Waals surface area contributed by atoms with E-state index in [-0.39, 0.29) is 5.75 Å². The first kappa shape index (κ1) is 23.0. The number of sulfonamides is 1. The Morgan fingerprint density at radius 2 is 1.94 bits per heavy atom. The molecule has 0 aromatic carbocycles. The van der Waals surface area contributed by atoms with Crippen molar-refractivity contribution in [1.29, 1.82) is 0 Å². The Labute approximate surface area is 209 Å². The number of nitrogens with zero attached hydrogens (tertiary/aromatic N) is 5. The van der Waals surface area contributed by atoms with Crippen LogP contribution in [0.5, 0.6) is 5.88 Å². The highest BCUT2D eigenvalue weighted by atomic mass is 32.2. The molecule has 36 heavy (non-hydrogen) atoms. The van der Waals surface area contributed by atoms with Gasteiger partial charge in [0.2, 0.25) is 10.0 Å². The molecular weight excluding hydrogens is 478 g/mol. The third-order valence-corrected chi connectivity index (χ3v) is 9.10. The molecule has 188 valence electrons. The van der Waals surface area contributed by atoms with E-state index in [1.807, 2.05) is 23.5 Å². The standard InChI is InChI=1S/C26H29N5O4S/c1-17-25(27-23-12-19(16-32)13-24(35-2)31(17)23)21-14-20-8-9-22(28-26(20)29(21)15-18-6-7-18)30-10-4-3-5-11-36(30,33)34/h8-9,12-14,16,18H,3-7,10-11,15H2,1-2H3. The highest BCUT2D eigenvalue weighted by molar-refractivity contribution is 7.92. The fraction of sp³-hybridized carbons (Fsp3) is 0.423. The lowest BCUT2D eigenvalue weighted by atomic mass is 10.2. The number of carbonyl (C=O) groups excluding carboxylic acids is 1. The van der Waals surface area contributed by atoms with Crippen molar-refractivity contribution in [2.75, 3.05) is 23.7 Å². The van der Waals surface area contributed by atoms with Gasteiger partial charge in [0.25, 0.3) is 0 Å². The number of aromatic nitrogens is 4. The van der Waals surface area contributed by atoms with E-state index in [1.54, 1.807) is 19.2 Å². The van der Waals surface area contributed by atoms with Crippen molar-refractivity contribution >= 4 is 38.8 Å². The molecule has 1 aliphatic carbocycles. The molecule has 0 N–H and O–H groups in total. The van der Waals surface area contributed by atoms with Crippen molar-refractivity contribution < 1.29 is 17.9 Å². The molecule has 10 heteroatoms. The average molecular weight is 508 g/mol. The second-order valence-electron chi connectivity index (χ2n) is 9.80. The molecule has 0 atom stereocenters. The molecule has 2 aliphatic rings. The number of rotatable bonds is 6. The number of hydrogen-bond acceptors (Lipinski definition) is 6. The molecule has 0 amide bonds. The predicted octanol–water partition coefficient (Wildman–Crippen LogP) is 4.21. The molecule has 9 nitrogen and oxygen atoms in total. The number of fused-ring (bicyclic) bond motifs is 2. The van der Waals surface area contributed by atoms with Crippen molar-refractivity contribution in [3.05, 3.63) is 41.6 Å². The molecule has 1 saturated heterocycles. The lowest BCUT2D eigenvalue weighted by Gasteiger charge is -2.21. The second-order valence-corrected chi connectivity index (χ2v) is 11.8. The van der Waals surface area contributed by atoms with E-state index in [2.05, 4.69) is 10.6 Å². The normalized spacial score (nSPS) is 18.0. The zero-order valence-electron chi connectivity index (χ0n) is 20.5. The maximum atomic E-state index is 12.9. The van der Waals surface area contributed by atoms with Crippen LogP contribution in [0.2, 0.25) is 0 Å². The fourth-order valence-corrected chi connectivity index (χ4v) is 6.76. The number of carbonyl (C=O) groups is 1. The van der Waals surface area contributed by atoms with Gasteiger partial charge in [0, 0.05) is 30.1 Å². The summed E-state index contributed by atoms with van der Waals surface area (Å²) in [5, 5.41) is 0.943. The van der Waals surface area contributed by atoms with Crippen molar-refractivity contribution in [1.82, 2.24) is 18.9 Å². The second kappa shape index (κ2) is 8.62. The average Bonchev–Trinajstić information content (AvgIpc) is 3.58. The highest BCUT2D eigenvalue weighted by Gasteiger charge is 2.29. The van der Waals surface area contributed by atoms with E-state index in [4.69, 9.17) is 14.7 Å². The van der Waals surface area contributed by atoms with Crippen molar-refractivity contribution in [2.45, 2.75) is 45.6 Å². The predicted molar refractivity (Wildman–Crippen MR) is 138 cm³/mol. The monoisotopic (exact) mass is 507 g/mol. The maximum Gasteiger partial charge on any atom is 0.236 e. The number of hydrogen-bond donors (Lipinski definition) is 0. The van der Waals surface area contributed by atoms with Gasteiger partial charge in [-0.05, 0) is 62.8 Å². The molecule has 4 aromatic heterocycles. The van der Waals surface area contributed by atoms with Crippen LogP contribution in [0.15, 0.2) is 30.3 Å². The molecule has 1 aliphatic heterocycles. The molecule has 6 rings (SSSR count). The van der Waals surface area contributed by atoms with Crippen molar-refractivity contribution in [2.24, 2.45) is 5.92 Å². The molecular formula is C26H29N5O4S. The zero-order chi connectivity index (χ0) is 25.0. The zero-order valence-corrected chi connectivity index (χ0v) is 21.3. The van der Waals surface area contributed by atoms with E-state index < -0.39 is 10.0 Å². The Hall–Kier alpha value is -3.40. The number of aryl methyl sites for hydroxylation is 1. The molecule has 0 unspecified atom stereocenters. The number of pyridine rings is 2. The van der Waals surface area contributed by atoms with Gasteiger partial charge in [0.1, 0.15) is 29.1 Å². The van der Waals surface area contributed by atoms with E-state index >= 15 is 0 Å². The Balaban J connectivity index is 1.54. The summed E-state index contributed by atoms with van der Waals surface area (Å²) in [6.07, 6.45) is 5.55. The fourth-order valence-electron chi connectivity index (χ4n) is 5.18. The van der Waals surface area contributed by atoms with Crippen LogP contribution in [-0.4, -0.2) is 53.0 Å². The van der Waals surface area contributed by atoms with E-state index in [0.29, 0.717) is 41.8 Å². The minimum absolute atomic E-state index is 0.159. The van der Waals surface area contributed by atoms with Crippen molar-refractivity contribution in [3.8, 4) is 17.3 Å². The summed E-state index contributed by atoms with van der Waals surface area (Å²) in [5.74, 6) is 1.75. The molecule has 5 heterocycles. The number of anilines is 1. The minimum atomic E-state index is -3.39. The molecule has 0 bridgehead atoms. The van der Waals surface area contributed by atoms with Crippen LogP contribution in [-0.2, 0) is 16.6 Å². The first-order valence-corrected chi connectivity index (χ1v) is 14.0. The summed E-state index contributed by atoms with van der Waals surface area (Å²) in [7, 11) is -1.81. The third kappa shape index (κ3) is 3.84. The molecule has 0 radical (unpaired) electrons. The van der Waals surface area contributed by atoms with Gasteiger partial charge >= 0.3 is 0 Å². The first-order chi connectivity index (χ1) is 17.4. The summed E-state index contributed by atoms with van der Waals surface area (Å²) in [5.41, 5.74) is 4.52. The van der Waals surface area contributed by atoms with Gasteiger partial charge in [-0.1, -0.05) is 6.42 Å². The SMILES string of the molecule is COc1cc(C=O)cc2nc(-c3cc4ccc(N5CCCCCS5(=O)=O)nc4n3CC3CC3)c(C)n12. The maximum absolute atomic E-state index is 12.9. The van der Waals surface area contributed by atoms with Crippen LogP contribution >= 0.6 is 0 Å². The lowest BCUT2D eigenvalue weighted by Crippen LogP contribution is -2.32. The summed E-state index contributed by atoms with van der Waals surface area (Å²) in [6.45, 7) is 3.24. The van der Waals surface area contributed by atoms with E-state index in [9.17, 15) is 13.2 Å². The number of ether oxygens (including phenoxy) is 1. The molecule has 1 saturated carbocycles. The molecule has 0 spiro atoms. The topological polar surface area (TPSA) is 98.8 Å². The van der Waals surface area contributed by atoms with Crippen LogP contribution < -0.4 is 9.04 Å². The summed E-state index contributed by atoms with van der Waals surface area (Å²) in [4.78, 5) is 21.3. The number of methoxy groups -OCH3 is 1.